The first kappa shape index (κ1) is 12.6. The molecule has 1 aliphatic rings. The fourth-order valence-electron chi connectivity index (χ4n) is 2.94. The lowest BCUT2D eigenvalue weighted by molar-refractivity contribution is 0.144. The largest absolute Gasteiger partial charge is 0.327 e. The van der Waals surface area contributed by atoms with E-state index in [4.69, 9.17) is 5.73 Å². The Morgan fingerprint density at radius 2 is 2.00 bits per heavy atom. The zero-order valence-corrected chi connectivity index (χ0v) is 10.8. The molecule has 0 bridgehead atoms. The monoisotopic (exact) mass is 232 g/mol. The smallest absolute Gasteiger partial charge is 0.0234 e. The van der Waals surface area contributed by atoms with Crippen LogP contribution in [0.15, 0.2) is 30.3 Å². The summed E-state index contributed by atoms with van der Waals surface area (Å²) in [5.74, 6) is 0.799. The highest BCUT2D eigenvalue weighted by atomic mass is 15.1. The van der Waals surface area contributed by atoms with Crippen LogP contribution in [-0.2, 0) is 6.54 Å². The number of nitrogens with zero attached hydrogens (tertiary/aromatic N) is 1. The van der Waals surface area contributed by atoms with Gasteiger partial charge in [0.25, 0.3) is 0 Å². The second-order valence-corrected chi connectivity index (χ2v) is 5.33. The van der Waals surface area contributed by atoms with Crippen molar-refractivity contribution in [3.05, 3.63) is 35.9 Å². The Bertz CT molecular complexity index is 323. The van der Waals surface area contributed by atoms with E-state index in [1.807, 2.05) is 0 Å². The van der Waals surface area contributed by atoms with Gasteiger partial charge in [-0.05, 0) is 24.3 Å². The first-order valence-corrected chi connectivity index (χ1v) is 6.79. The van der Waals surface area contributed by atoms with E-state index in [-0.39, 0.29) is 0 Å². The highest BCUT2D eigenvalue weighted by Gasteiger charge is 2.24. The van der Waals surface area contributed by atoms with Gasteiger partial charge in [-0.15, -0.1) is 0 Å². The van der Waals surface area contributed by atoms with E-state index < -0.39 is 0 Å². The van der Waals surface area contributed by atoms with Gasteiger partial charge in [0.15, 0.2) is 0 Å². The van der Waals surface area contributed by atoms with Crippen LogP contribution in [-0.4, -0.2) is 24.0 Å². The van der Waals surface area contributed by atoms with E-state index >= 15 is 0 Å². The number of benzene rings is 1. The summed E-state index contributed by atoms with van der Waals surface area (Å²) in [5, 5.41) is 0. The van der Waals surface area contributed by atoms with Crippen LogP contribution >= 0.6 is 0 Å². The first-order valence-electron chi connectivity index (χ1n) is 6.79. The van der Waals surface area contributed by atoms with Gasteiger partial charge in [0.1, 0.15) is 0 Å². The molecule has 2 rings (SSSR count). The van der Waals surface area contributed by atoms with Crippen LogP contribution in [0.3, 0.4) is 0 Å². The number of nitrogens with two attached hydrogens (primary N) is 1. The number of hydrogen-bond donors (Lipinski definition) is 1. The van der Waals surface area contributed by atoms with Crippen molar-refractivity contribution in [2.24, 2.45) is 11.7 Å². The van der Waals surface area contributed by atoms with Crippen LogP contribution in [0, 0.1) is 5.92 Å². The molecule has 0 amide bonds. The Morgan fingerprint density at radius 1 is 1.24 bits per heavy atom. The quantitative estimate of drug-likeness (QED) is 0.864. The van der Waals surface area contributed by atoms with E-state index in [1.54, 1.807) is 0 Å². The molecule has 1 saturated heterocycles. The highest BCUT2D eigenvalue weighted by Crippen LogP contribution is 2.21. The molecule has 0 radical (unpaired) electrons. The maximum Gasteiger partial charge on any atom is 0.0234 e. The molecule has 1 aromatic rings. The lowest BCUT2D eigenvalue weighted by Crippen LogP contribution is -2.46. The van der Waals surface area contributed by atoms with Crippen molar-refractivity contribution in [3.8, 4) is 0 Å². The molecule has 2 N–H and O–H groups in total. The average Bonchev–Trinajstić information content (AvgIpc) is 2.30. The van der Waals surface area contributed by atoms with Crippen LogP contribution < -0.4 is 5.73 Å². The molecule has 1 aromatic carbocycles. The Hall–Kier alpha value is -0.860. The Labute approximate surface area is 105 Å². The predicted octanol–water partition coefficient (Wildman–Crippen LogP) is 2.64. The summed E-state index contributed by atoms with van der Waals surface area (Å²) in [4.78, 5) is 2.52. The van der Waals surface area contributed by atoms with Gasteiger partial charge in [-0.3, -0.25) is 4.90 Å². The molecular formula is C15H24N2. The van der Waals surface area contributed by atoms with Crippen molar-refractivity contribution >= 4 is 0 Å². The van der Waals surface area contributed by atoms with Gasteiger partial charge in [0.2, 0.25) is 0 Å². The van der Waals surface area contributed by atoms with Crippen molar-refractivity contribution in [2.45, 2.75) is 38.8 Å². The predicted molar refractivity (Wildman–Crippen MR) is 72.7 cm³/mol. The summed E-state index contributed by atoms with van der Waals surface area (Å²) < 4.78 is 0. The Morgan fingerprint density at radius 3 is 2.71 bits per heavy atom. The number of likely N-dealkylation sites (tertiary alicyclic amines) is 1. The zero-order valence-electron chi connectivity index (χ0n) is 10.8. The minimum Gasteiger partial charge on any atom is -0.327 e. The van der Waals surface area contributed by atoms with Crippen molar-refractivity contribution in [2.75, 3.05) is 13.1 Å². The number of hydrogen-bond acceptors (Lipinski definition) is 2. The Balaban J connectivity index is 1.92. The van der Waals surface area contributed by atoms with Crippen molar-refractivity contribution in [3.63, 3.8) is 0 Å². The SMILES string of the molecule is CCCC1CC(N)CN(Cc2ccccc2)C1. The molecule has 0 spiro atoms. The van der Waals surface area contributed by atoms with Gasteiger partial charge in [0, 0.05) is 25.7 Å². The summed E-state index contributed by atoms with van der Waals surface area (Å²) in [6.07, 6.45) is 3.80. The molecule has 2 unspecified atom stereocenters. The van der Waals surface area contributed by atoms with Crippen molar-refractivity contribution in [1.82, 2.24) is 4.90 Å². The van der Waals surface area contributed by atoms with Crippen LogP contribution in [0.25, 0.3) is 0 Å². The highest BCUT2D eigenvalue weighted by molar-refractivity contribution is 5.14. The maximum atomic E-state index is 6.16. The minimum atomic E-state index is 0.365. The van der Waals surface area contributed by atoms with Crippen LogP contribution in [0.2, 0.25) is 0 Å². The number of piperidine rings is 1. The molecule has 2 heteroatoms. The lowest BCUT2D eigenvalue weighted by Gasteiger charge is -2.36. The molecule has 0 saturated carbocycles. The fraction of sp³-hybridized carbons (Fsp3) is 0.600. The van der Waals surface area contributed by atoms with Crippen LogP contribution in [0.1, 0.15) is 31.7 Å². The summed E-state index contributed by atoms with van der Waals surface area (Å²) >= 11 is 0. The molecule has 1 heterocycles. The molecule has 17 heavy (non-hydrogen) atoms. The molecule has 1 aliphatic heterocycles. The molecular weight excluding hydrogens is 208 g/mol. The molecule has 2 nitrogen and oxygen atoms in total. The topological polar surface area (TPSA) is 29.3 Å². The van der Waals surface area contributed by atoms with Crippen molar-refractivity contribution in [1.29, 1.82) is 0 Å². The third-order valence-corrected chi connectivity index (χ3v) is 3.59. The lowest BCUT2D eigenvalue weighted by atomic mass is 9.91. The third-order valence-electron chi connectivity index (χ3n) is 3.59. The summed E-state index contributed by atoms with van der Waals surface area (Å²) in [5.41, 5.74) is 7.56. The van der Waals surface area contributed by atoms with E-state index in [9.17, 15) is 0 Å². The maximum absolute atomic E-state index is 6.16. The van der Waals surface area contributed by atoms with Crippen LogP contribution in [0.5, 0.6) is 0 Å². The fourth-order valence-corrected chi connectivity index (χ4v) is 2.94. The minimum absolute atomic E-state index is 0.365. The summed E-state index contributed by atoms with van der Waals surface area (Å²) in [6.45, 7) is 5.59. The average molecular weight is 232 g/mol. The molecule has 2 atom stereocenters. The van der Waals surface area contributed by atoms with Gasteiger partial charge in [-0.1, -0.05) is 43.7 Å². The van der Waals surface area contributed by atoms with Gasteiger partial charge in [-0.2, -0.15) is 0 Å². The number of rotatable bonds is 4. The zero-order chi connectivity index (χ0) is 12.1. The second kappa shape index (κ2) is 6.18. The third kappa shape index (κ3) is 3.83. The van der Waals surface area contributed by atoms with Gasteiger partial charge >= 0.3 is 0 Å². The van der Waals surface area contributed by atoms with Gasteiger partial charge < -0.3 is 5.73 Å². The first-order chi connectivity index (χ1) is 8.28. The second-order valence-electron chi connectivity index (χ2n) is 5.33. The standard InChI is InChI=1S/C15H24N2/c1-2-6-14-9-15(16)12-17(11-14)10-13-7-4-3-5-8-13/h3-5,7-8,14-15H,2,6,9-12,16H2,1H3. The van der Waals surface area contributed by atoms with Crippen molar-refractivity contribution < 1.29 is 0 Å². The molecule has 94 valence electrons. The van der Waals surface area contributed by atoms with Gasteiger partial charge in [-0.25, -0.2) is 0 Å². The Kier molecular flexibility index (Phi) is 4.57. The molecule has 1 fully saturated rings. The molecule has 0 aromatic heterocycles. The summed E-state index contributed by atoms with van der Waals surface area (Å²) in [7, 11) is 0. The van der Waals surface area contributed by atoms with Crippen LogP contribution in [0.4, 0.5) is 0 Å². The molecule has 0 aliphatic carbocycles. The van der Waals surface area contributed by atoms with Gasteiger partial charge in [0.05, 0.1) is 0 Å². The summed E-state index contributed by atoms with van der Waals surface area (Å²) in [6, 6.07) is 11.1. The van der Waals surface area contributed by atoms with E-state index in [2.05, 4.69) is 42.2 Å². The normalized spacial score (nSPS) is 26.0. The van der Waals surface area contributed by atoms with E-state index in [0.29, 0.717) is 6.04 Å². The van der Waals surface area contributed by atoms with E-state index in [0.717, 1.165) is 19.0 Å². The van der Waals surface area contributed by atoms with E-state index in [1.165, 1.54) is 31.4 Å².